The molecule has 3 aliphatic heterocycles. The zero-order valence-corrected chi connectivity index (χ0v) is 37.0. The Balaban J connectivity index is 1.19. The van der Waals surface area contributed by atoms with Gasteiger partial charge >= 0.3 is 5.97 Å². The van der Waals surface area contributed by atoms with Gasteiger partial charge in [-0.15, -0.1) is 0 Å². The van der Waals surface area contributed by atoms with E-state index in [2.05, 4.69) is 6.07 Å². The van der Waals surface area contributed by atoms with Crippen molar-refractivity contribution >= 4 is 18.1 Å². The first-order chi connectivity index (χ1) is 31.8. The standard InChI is InChI=1S/C49H53N3O14/c1-47(2)37(36(24-52)45(64-47)32(22-50)23-51)11-7-30-20-31(8-12-41(54)60-14-13-58-3)39(21-38(30)49(59-4)48(65-66-49)33-16-28-15-29(18-33)19-34(48)17-28)61-26-27-5-9-35(10-6-27)62-46-44(57)43(56)42(55)40(25-53)63-46/h5-12,20-21,28-29,33-34,40,42-44,46,53,55-57H,13-19,25-26H2,1-4H3/b11-7+,12-8+/t28?,29?,33?,34?,40?,42-,43?,44?,46+,48?,49?/m0/s1. The van der Waals surface area contributed by atoms with Crippen LogP contribution in [0, 0.1) is 57.7 Å². The summed E-state index contributed by atoms with van der Waals surface area (Å²) in [5, 5.41) is 70.2. The predicted octanol–water partition coefficient (Wildman–Crippen LogP) is 4.55. The van der Waals surface area contributed by atoms with E-state index in [0.29, 0.717) is 45.4 Å². The van der Waals surface area contributed by atoms with Gasteiger partial charge in [-0.2, -0.15) is 20.7 Å². The topological polar surface area (TPSA) is 252 Å². The van der Waals surface area contributed by atoms with Crippen molar-refractivity contribution in [2.24, 2.45) is 23.7 Å². The minimum Gasteiger partial charge on any atom is -0.488 e. The molecule has 2 aromatic carbocycles. The van der Waals surface area contributed by atoms with Crippen LogP contribution >= 0.6 is 0 Å². The summed E-state index contributed by atoms with van der Waals surface area (Å²) < 4.78 is 40.8. The van der Waals surface area contributed by atoms with E-state index in [9.17, 15) is 41.0 Å². The molecule has 4 aliphatic carbocycles. The van der Waals surface area contributed by atoms with Gasteiger partial charge in [-0.1, -0.05) is 24.3 Å². The lowest BCUT2D eigenvalue weighted by Crippen LogP contribution is -2.76. The van der Waals surface area contributed by atoms with Crippen LogP contribution in [0.5, 0.6) is 11.5 Å². The molecule has 17 heteroatoms. The van der Waals surface area contributed by atoms with Gasteiger partial charge in [0, 0.05) is 37.0 Å². The Morgan fingerprint density at radius 2 is 1.56 bits per heavy atom. The molecular weight excluding hydrogens is 855 g/mol. The normalized spacial score (nSPS) is 32.7. The van der Waals surface area contributed by atoms with Gasteiger partial charge in [0.1, 0.15) is 78.5 Å². The number of allylic oxidation sites excluding steroid dienone is 2. The van der Waals surface area contributed by atoms with Gasteiger partial charge in [0.15, 0.2) is 16.9 Å². The molecule has 66 heavy (non-hydrogen) atoms. The third-order valence-electron chi connectivity index (χ3n) is 13.8. The van der Waals surface area contributed by atoms with Crippen LogP contribution < -0.4 is 9.47 Å². The summed E-state index contributed by atoms with van der Waals surface area (Å²) in [5.41, 5.74) is 0.495. The number of rotatable bonds is 15. The van der Waals surface area contributed by atoms with E-state index in [-0.39, 0.29) is 54.3 Å². The van der Waals surface area contributed by atoms with Gasteiger partial charge in [-0.25, -0.2) is 9.68 Å². The lowest BCUT2D eigenvalue weighted by molar-refractivity contribution is -0.645. The molecule has 7 aliphatic rings. The minimum absolute atomic E-state index is 0.0182. The number of carbonyl (C=O) groups excluding carboxylic acids is 1. The van der Waals surface area contributed by atoms with Gasteiger partial charge in [0.25, 0.3) is 5.79 Å². The first kappa shape index (κ1) is 46.9. The third-order valence-corrected chi connectivity index (χ3v) is 13.8. The molecule has 348 valence electrons. The maximum Gasteiger partial charge on any atom is 0.330 e. The molecule has 9 rings (SSSR count). The van der Waals surface area contributed by atoms with Crippen molar-refractivity contribution in [1.82, 2.24) is 0 Å². The van der Waals surface area contributed by atoms with Crippen molar-refractivity contribution in [2.75, 3.05) is 34.0 Å². The molecule has 3 heterocycles. The second kappa shape index (κ2) is 18.9. The lowest BCUT2D eigenvalue weighted by Gasteiger charge is -2.68. The Morgan fingerprint density at radius 3 is 2.15 bits per heavy atom. The van der Waals surface area contributed by atoms with Crippen LogP contribution in [-0.2, 0) is 50.6 Å². The molecule has 17 nitrogen and oxygen atoms in total. The van der Waals surface area contributed by atoms with Crippen molar-refractivity contribution in [3.8, 4) is 29.7 Å². The van der Waals surface area contributed by atoms with Gasteiger partial charge in [-0.3, -0.25) is 0 Å². The lowest BCUT2D eigenvalue weighted by atomic mass is 9.47. The molecule has 4 N–H and O–H groups in total. The highest BCUT2D eigenvalue weighted by molar-refractivity contribution is 5.88. The van der Waals surface area contributed by atoms with Crippen LogP contribution in [0.25, 0.3) is 12.2 Å². The summed E-state index contributed by atoms with van der Waals surface area (Å²) in [4.78, 5) is 25.5. The SMILES string of the molecule is COCCOC(=O)/C=C/c1cc(/C=C/C2=C(C#N)C(=C(C#N)C#N)OC2(C)C)c(C2(OC)OOC23C2CC4CC(C2)CC3C4)cc1OCc1ccc(O[C@@H]2OC(CO)[C@H](O)C(O)C2O)cc1. The van der Waals surface area contributed by atoms with Crippen LogP contribution in [0.15, 0.2) is 71.0 Å². The van der Waals surface area contributed by atoms with E-state index < -0.39 is 60.3 Å². The van der Waals surface area contributed by atoms with Crippen molar-refractivity contribution in [2.45, 2.75) is 100 Å². The molecule has 6 fully saturated rings. The largest absolute Gasteiger partial charge is 0.488 e. The fraction of sp³-hybridized carbons (Fsp3) is 0.510. The highest BCUT2D eigenvalue weighted by Gasteiger charge is 2.77. The number of aliphatic hydroxyl groups excluding tert-OH is 4. The van der Waals surface area contributed by atoms with Crippen LogP contribution in [0.3, 0.4) is 0 Å². The number of ether oxygens (including phenoxy) is 7. The van der Waals surface area contributed by atoms with E-state index in [1.54, 1.807) is 63.5 Å². The van der Waals surface area contributed by atoms with Crippen molar-refractivity contribution in [1.29, 1.82) is 15.8 Å². The first-order valence-electron chi connectivity index (χ1n) is 22.0. The van der Waals surface area contributed by atoms with E-state index >= 15 is 0 Å². The van der Waals surface area contributed by atoms with Gasteiger partial charge in [0.2, 0.25) is 6.29 Å². The van der Waals surface area contributed by atoms with E-state index in [1.807, 2.05) is 24.3 Å². The molecular formula is C49H53N3O14. The highest BCUT2D eigenvalue weighted by atomic mass is 17.3. The monoisotopic (exact) mass is 907 g/mol. The summed E-state index contributed by atoms with van der Waals surface area (Å²) >= 11 is 0. The van der Waals surface area contributed by atoms with Gasteiger partial charge in [0.05, 0.1) is 13.2 Å². The van der Waals surface area contributed by atoms with Gasteiger partial charge < -0.3 is 53.6 Å². The second-order valence-electron chi connectivity index (χ2n) is 18.1. The Kier molecular flexibility index (Phi) is 13.5. The number of hydrogen-bond donors (Lipinski definition) is 4. The smallest absolute Gasteiger partial charge is 0.330 e. The minimum atomic E-state index is -1.60. The number of hydrogen-bond acceptors (Lipinski definition) is 17. The fourth-order valence-electron chi connectivity index (χ4n) is 10.8. The second-order valence-corrected chi connectivity index (χ2v) is 18.1. The molecule has 0 radical (unpaired) electrons. The molecule has 2 saturated heterocycles. The highest BCUT2D eigenvalue weighted by Crippen LogP contribution is 2.70. The van der Waals surface area contributed by atoms with Crippen LogP contribution in [0.4, 0.5) is 0 Å². The van der Waals surface area contributed by atoms with E-state index in [0.717, 1.165) is 25.7 Å². The number of carbonyl (C=O) groups is 1. The number of benzene rings is 2. The molecule has 4 bridgehead atoms. The average Bonchev–Trinajstić information content (AvgIpc) is 3.56. The Hall–Kier alpha value is -5.62. The summed E-state index contributed by atoms with van der Waals surface area (Å²) in [7, 11) is 3.09. The Bertz CT molecular complexity index is 2390. The Labute approximate surface area is 382 Å². The van der Waals surface area contributed by atoms with Crippen molar-refractivity contribution < 1.29 is 68.2 Å². The molecule has 0 amide bonds. The zero-order chi connectivity index (χ0) is 47.0. The molecule has 2 aromatic rings. The fourth-order valence-corrected chi connectivity index (χ4v) is 10.8. The summed E-state index contributed by atoms with van der Waals surface area (Å²) in [6.45, 7) is 3.14. The molecule has 4 saturated carbocycles. The summed E-state index contributed by atoms with van der Waals surface area (Å²) in [5.74, 6) is -0.0425. The predicted molar refractivity (Wildman–Crippen MR) is 229 cm³/mol. The number of methoxy groups -OCH3 is 2. The van der Waals surface area contributed by atoms with Gasteiger partial charge in [-0.05, 0) is 111 Å². The molecule has 4 unspecified atom stereocenters. The number of nitriles is 3. The summed E-state index contributed by atoms with van der Waals surface area (Å²) in [6, 6.07) is 16.1. The van der Waals surface area contributed by atoms with Crippen LogP contribution in [0.1, 0.15) is 68.2 Å². The van der Waals surface area contributed by atoms with E-state index in [1.165, 1.54) is 19.6 Å². The molecule has 0 aromatic heterocycles. The van der Waals surface area contributed by atoms with Crippen LogP contribution in [-0.4, -0.2) is 102 Å². The molecule has 6 atom stereocenters. The maximum absolute atomic E-state index is 12.9. The van der Waals surface area contributed by atoms with E-state index in [4.69, 9.17) is 42.9 Å². The molecule has 1 spiro atoms. The average molecular weight is 908 g/mol. The Morgan fingerprint density at radius 1 is 0.864 bits per heavy atom. The zero-order valence-electron chi connectivity index (χ0n) is 37.0. The third kappa shape index (κ3) is 8.28. The first-order valence-corrected chi connectivity index (χ1v) is 22.0. The number of esters is 1. The maximum atomic E-state index is 12.9. The summed E-state index contributed by atoms with van der Waals surface area (Å²) in [6.07, 6.45) is 4.20. The number of aliphatic hydroxyl groups is 4. The van der Waals surface area contributed by atoms with Crippen LogP contribution in [0.2, 0.25) is 0 Å². The number of nitrogens with zero attached hydrogens (tertiary/aromatic N) is 3. The van der Waals surface area contributed by atoms with Crippen molar-refractivity contribution in [3.63, 3.8) is 0 Å². The quantitative estimate of drug-likeness (QED) is 0.0629. The van der Waals surface area contributed by atoms with Crippen molar-refractivity contribution in [3.05, 3.63) is 93.3 Å².